The molecule has 0 aromatic heterocycles. The summed E-state index contributed by atoms with van der Waals surface area (Å²) in [5.41, 5.74) is 1.57. The van der Waals surface area contributed by atoms with Crippen LogP contribution in [0.1, 0.15) is 24.2 Å². The molecule has 2 nitrogen and oxygen atoms in total. The Kier molecular flexibility index (Phi) is 4.04. The van der Waals surface area contributed by atoms with E-state index in [4.69, 9.17) is 0 Å². The highest BCUT2D eigenvalue weighted by molar-refractivity contribution is 5.28. The van der Waals surface area contributed by atoms with Crippen molar-refractivity contribution in [1.82, 2.24) is 5.32 Å². The summed E-state index contributed by atoms with van der Waals surface area (Å²) in [5, 5.41) is 12.7. The Labute approximate surface area is 83.8 Å². The molecule has 3 heteroatoms. The molecule has 0 radical (unpaired) electrons. The van der Waals surface area contributed by atoms with Crippen molar-refractivity contribution in [2.75, 3.05) is 13.1 Å². The summed E-state index contributed by atoms with van der Waals surface area (Å²) in [6.07, 6.45) is -0.634. The largest absolute Gasteiger partial charge is 0.387 e. The van der Waals surface area contributed by atoms with Gasteiger partial charge in [0.05, 0.1) is 6.10 Å². The molecule has 0 fully saturated rings. The number of benzene rings is 1. The third-order valence-electron chi connectivity index (χ3n) is 2.19. The van der Waals surface area contributed by atoms with Gasteiger partial charge in [-0.15, -0.1) is 0 Å². The lowest BCUT2D eigenvalue weighted by molar-refractivity contribution is 0.174. The summed E-state index contributed by atoms with van der Waals surface area (Å²) in [7, 11) is 0. The Bertz CT molecular complexity index is 301. The highest BCUT2D eigenvalue weighted by atomic mass is 19.1. The van der Waals surface area contributed by atoms with E-state index in [-0.39, 0.29) is 5.82 Å². The lowest BCUT2D eigenvalue weighted by Crippen LogP contribution is -2.21. The number of nitrogens with one attached hydrogen (secondary N) is 1. The number of likely N-dealkylation sites (N-methyl/N-ethyl adjacent to an activating group) is 1. The average molecular weight is 197 g/mol. The number of hydrogen-bond donors (Lipinski definition) is 2. The molecule has 2 N–H and O–H groups in total. The predicted molar refractivity (Wildman–Crippen MR) is 54.6 cm³/mol. The zero-order chi connectivity index (χ0) is 10.6. The van der Waals surface area contributed by atoms with E-state index in [0.717, 1.165) is 12.1 Å². The molecule has 0 bridgehead atoms. The van der Waals surface area contributed by atoms with E-state index in [2.05, 4.69) is 5.32 Å². The normalized spacial score (nSPS) is 12.9. The van der Waals surface area contributed by atoms with Crippen LogP contribution in [-0.4, -0.2) is 18.2 Å². The second kappa shape index (κ2) is 5.08. The van der Waals surface area contributed by atoms with Gasteiger partial charge in [0, 0.05) is 6.54 Å². The summed E-state index contributed by atoms with van der Waals surface area (Å²) in [6, 6.07) is 4.47. The summed E-state index contributed by atoms with van der Waals surface area (Å²) < 4.78 is 12.9. The molecule has 0 aliphatic heterocycles. The predicted octanol–water partition coefficient (Wildman–Crippen LogP) is 1.78. The number of aryl methyl sites for hydroxylation is 1. The van der Waals surface area contributed by atoms with E-state index in [1.54, 1.807) is 6.07 Å². The maximum atomic E-state index is 12.9. The second-order valence-corrected chi connectivity index (χ2v) is 3.32. The fraction of sp³-hybridized carbons (Fsp3) is 0.455. The first kappa shape index (κ1) is 11.1. The van der Waals surface area contributed by atoms with E-state index in [1.165, 1.54) is 12.1 Å². The van der Waals surface area contributed by atoms with E-state index in [0.29, 0.717) is 12.1 Å². The zero-order valence-corrected chi connectivity index (χ0v) is 8.55. The van der Waals surface area contributed by atoms with Gasteiger partial charge < -0.3 is 10.4 Å². The molecule has 0 aliphatic rings. The van der Waals surface area contributed by atoms with Crippen molar-refractivity contribution in [3.63, 3.8) is 0 Å². The van der Waals surface area contributed by atoms with E-state index in [9.17, 15) is 9.50 Å². The maximum absolute atomic E-state index is 12.9. The minimum atomic E-state index is -0.634. The SMILES string of the molecule is CCNCC(O)c1cc(F)ccc1C. The molecular formula is C11H16FNO. The Morgan fingerprint density at radius 2 is 2.21 bits per heavy atom. The van der Waals surface area contributed by atoms with E-state index in [1.807, 2.05) is 13.8 Å². The van der Waals surface area contributed by atoms with Gasteiger partial charge in [-0.2, -0.15) is 0 Å². The van der Waals surface area contributed by atoms with Crippen molar-refractivity contribution < 1.29 is 9.50 Å². The average Bonchev–Trinajstić information content (AvgIpc) is 2.18. The molecule has 0 heterocycles. The number of halogens is 1. The van der Waals surface area contributed by atoms with Crippen LogP contribution in [0.2, 0.25) is 0 Å². The van der Waals surface area contributed by atoms with Crippen molar-refractivity contribution in [2.24, 2.45) is 0 Å². The van der Waals surface area contributed by atoms with Crippen LogP contribution in [-0.2, 0) is 0 Å². The van der Waals surface area contributed by atoms with Crippen molar-refractivity contribution in [3.05, 3.63) is 35.1 Å². The molecular weight excluding hydrogens is 181 g/mol. The zero-order valence-electron chi connectivity index (χ0n) is 8.55. The van der Waals surface area contributed by atoms with E-state index < -0.39 is 6.10 Å². The molecule has 0 saturated carbocycles. The molecule has 1 rings (SSSR count). The molecule has 1 atom stereocenters. The topological polar surface area (TPSA) is 32.3 Å². The summed E-state index contributed by atoms with van der Waals surface area (Å²) in [6.45, 7) is 5.08. The quantitative estimate of drug-likeness (QED) is 0.771. The monoisotopic (exact) mass is 197 g/mol. The molecule has 0 aliphatic carbocycles. The molecule has 0 saturated heterocycles. The minimum Gasteiger partial charge on any atom is -0.387 e. The lowest BCUT2D eigenvalue weighted by atomic mass is 10.0. The molecule has 14 heavy (non-hydrogen) atoms. The molecule has 0 spiro atoms. The van der Waals surface area contributed by atoms with Crippen molar-refractivity contribution in [2.45, 2.75) is 20.0 Å². The standard InChI is InChI=1S/C11H16FNO/c1-3-13-7-11(14)10-6-9(12)5-4-8(10)2/h4-6,11,13-14H,3,7H2,1-2H3. The molecule has 0 amide bonds. The van der Waals surface area contributed by atoms with Gasteiger partial charge in [0.25, 0.3) is 0 Å². The highest BCUT2D eigenvalue weighted by Crippen LogP contribution is 2.18. The molecule has 1 aromatic rings. The summed E-state index contributed by atoms with van der Waals surface area (Å²) in [5.74, 6) is -0.304. The van der Waals surface area contributed by atoms with Gasteiger partial charge in [-0.25, -0.2) is 4.39 Å². The van der Waals surface area contributed by atoms with Crippen LogP contribution in [0.25, 0.3) is 0 Å². The number of aliphatic hydroxyl groups is 1. The molecule has 1 aromatic carbocycles. The molecule has 1 unspecified atom stereocenters. The summed E-state index contributed by atoms with van der Waals surface area (Å²) in [4.78, 5) is 0. The van der Waals surface area contributed by atoms with Crippen molar-refractivity contribution >= 4 is 0 Å². The first-order valence-corrected chi connectivity index (χ1v) is 4.80. The van der Waals surface area contributed by atoms with Crippen molar-refractivity contribution in [1.29, 1.82) is 0 Å². The van der Waals surface area contributed by atoms with Crippen LogP contribution in [0.5, 0.6) is 0 Å². The Hall–Kier alpha value is -0.930. The van der Waals surface area contributed by atoms with Gasteiger partial charge in [-0.3, -0.25) is 0 Å². The van der Waals surface area contributed by atoms with Gasteiger partial charge in [0.2, 0.25) is 0 Å². The smallest absolute Gasteiger partial charge is 0.123 e. The second-order valence-electron chi connectivity index (χ2n) is 3.32. The van der Waals surface area contributed by atoms with Crippen LogP contribution >= 0.6 is 0 Å². The summed E-state index contributed by atoms with van der Waals surface area (Å²) >= 11 is 0. The Morgan fingerprint density at radius 3 is 2.86 bits per heavy atom. The Balaban J connectivity index is 2.77. The van der Waals surface area contributed by atoms with Crippen LogP contribution in [0.15, 0.2) is 18.2 Å². The maximum Gasteiger partial charge on any atom is 0.123 e. The van der Waals surface area contributed by atoms with Gasteiger partial charge in [0.1, 0.15) is 5.82 Å². The van der Waals surface area contributed by atoms with Gasteiger partial charge in [-0.05, 0) is 36.7 Å². The van der Waals surface area contributed by atoms with Gasteiger partial charge >= 0.3 is 0 Å². The Morgan fingerprint density at radius 1 is 1.50 bits per heavy atom. The number of aliphatic hydroxyl groups excluding tert-OH is 1. The third kappa shape index (κ3) is 2.79. The first-order valence-electron chi connectivity index (χ1n) is 4.80. The molecule has 78 valence electrons. The van der Waals surface area contributed by atoms with Crippen LogP contribution in [0.3, 0.4) is 0 Å². The fourth-order valence-corrected chi connectivity index (χ4v) is 1.36. The minimum absolute atomic E-state index is 0.304. The van der Waals surface area contributed by atoms with Gasteiger partial charge in [0.15, 0.2) is 0 Å². The van der Waals surface area contributed by atoms with Crippen LogP contribution in [0, 0.1) is 12.7 Å². The van der Waals surface area contributed by atoms with Crippen LogP contribution < -0.4 is 5.32 Å². The van der Waals surface area contributed by atoms with Crippen LogP contribution in [0.4, 0.5) is 4.39 Å². The third-order valence-corrected chi connectivity index (χ3v) is 2.19. The number of hydrogen-bond acceptors (Lipinski definition) is 2. The fourth-order valence-electron chi connectivity index (χ4n) is 1.36. The van der Waals surface area contributed by atoms with E-state index >= 15 is 0 Å². The van der Waals surface area contributed by atoms with Crippen molar-refractivity contribution in [3.8, 4) is 0 Å². The highest BCUT2D eigenvalue weighted by Gasteiger charge is 2.10. The first-order chi connectivity index (χ1) is 6.65. The number of rotatable bonds is 4. The lowest BCUT2D eigenvalue weighted by Gasteiger charge is -2.13. The van der Waals surface area contributed by atoms with Gasteiger partial charge in [-0.1, -0.05) is 13.0 Å².